The first-order chi connectivity index (χ1) is 20.1. The second-order valence-electron chi connectivity index (χ2n) is 8.93. The molecule has 0 spiro atoms. The third-order valence-electron chi connectivity index (χ3n) is 6.05. The summed E-state index contributed by atoms with van der Waals surface area (Å²) in [6.45, 7) is 2.62. The van der Waals surface area contributed by atoms with Crippen LogP contribution < -0.4 is 9.47 Å². The van der Waals surface area contributed by atoms with Crippen LogP contribution >= 0.6 is 11.8 Å². The van der Waals surface area contributed by atoms with Gasteiger partial charge in [0.05, 0.1) is 6.61 Å². The molecule has 0 saturated heterocycles. The zero-order valence-electron chi connectivity index (χ0n) is 23.0. The molecule has 0 saturated carbocycles. The van der Waals surface area contributed by atoms with Crippen molar-refractivity contribution in [2.24, 2.45) is 5.16 Å². The minimum atomic E-state index is -1.04. The number of ether oxygens (including phenoxy) is 3. The number of aliphatic hydroxyl groups is 1. The predicted molar refractivity (Wildman–Crippen MR) is 160 cm³/mol. The summed E-state index contributed by atoms with van der Waals surface area (Å²) in [5.41, 5.74) is 3.20. The van der Waals surface area contributed by atoms with Gasteiger partial charge in [-0.1, -0.05) is 78.0 Å². The van der Waals surface area contributed by atoms with Gasteiger partial charge in [-0.25, -0.2) is 0 Å². The van der Waals surface area contributed by atoms with Gasteiger partial charge in [-0.15, -0.1) is 11.8 Å². The van der Waals surface area contributed by atoms with Gasteiger partial charge in [0.25, 0.3) is 0 Å². The maximum absolute atomic E-state index is 12.6. The van der Waals surface area contributed by atoms with Gasteiger partial charge in [-0.3, -0.25) is 4.79 Å². The number of oxime groups is 1. The molecule has 1 N–H and O–H groups in total. The molecule has 4 aromatic rings. The maximum atomic E-state index is 12.6. The van der Waals surface area contributed by atoms with E-state index in [1.54, 1.807) is 31.2 Å². The zero-order valence-corrected chi connectivity index (χ0v) is 23.8. The van der Waals surface area contributed by atoms with E-state index in [0.717, 1.165) is 16.0 Å². The molecular formula is C33H33NO6S. The highest BCUT2D eigenvalue weighted by Gasteiger charge is 2.30. The van der Waals surface area contributed by atoms with Crippen LogP contribution in [0.1, 0.15) is 29.7 Å². The third-order valence-corrected chi connectivity index (χ3v) is 7.29. The highest BCUT2D eigenvalue weighted by Crippen LogP contribution is 2.34. The molecule has 2 atom stereocenters. The average molecular weight is 572 g/mol. The Labute approximate surface area is 244 Å². The molecule has 7 nitrogen and oxygen atoms in total. The van der Waals surface area contributed by atoms with Crippen LogP contribution in [0.25, 0.3) is 0 Å². The Morgan fingerprint density at radius 3 is 2.07 bits per heavy atom. The molecular weight excluding hydrogens is 538 g/mol. The van der Waals surface area contributed by atoms with E-state index >= 15 is 0 Å². The lowest BCUT2D eigenvalue weighted by Gasteiger charge is -2.21. The number of nitrogens with zero attached hydrogens (tertiary/aromatic N) is 1. The van der Waals surface area contributed by atoms with Crippen LogP contribution in [0.15, 0.2) is 119 Å². The molecule has 0 radical (unpaired) electrons. The van der Waals surface area contributed by atoms with E-state index in [1.807, 2.05) is 84.9 Å². The molecule has 0 amide bonds. The summed E-state index contributed by atoms with van der Waals surface area (Å²) >= 11 is 1.28. The van der Waals surface area contributed by atoms with E-state index < -0.39 is 17.3 Å². The molecule has 212 valence electrons. The Bertz CT molecular complexity index is 1380. The molecule has 4 aromatic carbocycles. The molecule has 0 fully saturated rings. The van der Waals surface area contributed by atoms with E-state index in [2.05, 4.69) is 5.16 Å². The van der Waals surface area contributed by atoms with Gasteiger partial charge in [-0.2, -0.15) is 0 Å². The lowest BCUT2D eigenvalue weighted by atomic mass is 10.1. The number of hydrogen-bond acceptors (Lipinski definition) is 8. The number of benzene rings is 4. The van der Waals surface area contributed by atoms with Crippen molar-refractivity contribution in [2.45, 2.75) is 29.8 Å². The van der Waals surface area contributed by atoms with Crippen molar-refractivity contribution in [3.05, 3.63) is 126 Å². The molecule has 0 aliphatic carbocycles. The van der Waals surface area contributed by atoms with E-state index in [-0.39, 0.29) is 13.2 Å². The number of esters is 1. The molecule has 41 heavy (non-hydrogen) atoms. The third kappa shape index (κ3) is 8.86. The van der Waals surface area contributed by atoms with E-state index in [4.69, 9.17) is 19.0 Å². The minimum absolute atomic E-state index is 0.244. The minimum Gasteiger partial charge on any atom is -0.489 e. The SMILES string of the molecule is CCOC(=O)C(Sc1ccccc1)C(O)c1ccc(OCc2ccc(OCC(=NOC)c3ccccc3)cc2)cc1. The zero-order chi connectivity index (χ0) is 28.9. The number of carbonyl (C=O) groups is 1. The summed E-state index contributed by atoms with van der Waals surface area (Å²) in [6.07, 6.45) is -1.04. The summed E-state index contributed by atoms with van der Waals surface area (Å²) in [7, 11) is 1.51. The molecule has 0 aromatic heterocycles. The van der Waals surface area contributed by atoms with Crippen molar-refractivity contribution in [3.63, 3.8) is 0 Å². The monoisotopic (exact) mass is 571 g/mol. The van der Waals surface area contributed by atoms with Crippen molar-refractivity contribution >= 4 is 23.4 Å². The van der Waals surface area contributed by atoms with Crippen LogP contribution in [0.5, 0.6) is 11.5 Å². The first kappa shape index (κ1) is 29.7. The standard InChI is InChI=1S/C33H33NO6S/c1-3-38-33(36)32(41-29-12-8-5-9-13-29)31(35)26-16-20-28(21-17-26)39-22-24-14-18-27(19-15-24)40-23-30(34-37-2)25-10-6-4-7-11-25/h4-21,31-32,35H,3,22-23H2,1-2H3. The Morgan fingerprint density at radius 1 is 0.829 bits per heavy atom. The van der Waals surface area contributed by atoms with Crippen molar-refractivity contribution < 1.29 is 28.9 Å². The number of aliphatic hydroxyl groups excluding tert-OH is 1. The topological polar surface area (TPSA) is 86.6 Å². The van der Waals surface area contributed by atoms with Crippen LogP contribution in [0.3, 0.4) is 0 Å². The van der Waals surface area contributed by atoms with Crippen LogP contribution in [0.4, 0.5) is 0 Å². The molecule has 0 aliphatic heterocycles. The normalized spacial score (nSPS) is 12.7. The van der Waals surface area contributed by atoms with Crippen LogP contribution in [-0.2, 0) is 21.0 Å². The van der Waals surface area contributed by atoms with Crippen LogP contribution in [0.2, 0.25) is 0 Å². The largest absolute Gasteiger partial charge is 0.489 e. The molecule has 0 bridgehead atoms. The Kier molecular flexibility index (Phi) is 11.2. The summed E-state index contributed by atoms with van der Waals surface area (Å²) in [6, 6.07) is 34.0. The van der Waals surface area contributed by atoms with Crippen molar-refractivity contribution in [1.82, 2.24) is 0 Å². The Balaban J connectivity index is 1.32. The van der Waals surface area contributed by atoms with Gasteiger partial charge < -0.3 is 24.2 Å². The smallest absolute Gasteiger partial charge is 0.322 e. The quantitative estimate of drug-likeness (QED) is 0.0805. The molecule has 4 rings (SSSR count). The average Bonchev–Trinajstić information content (AvgIpc) is 3.02. The summed E-state index contributed by atoms with van der Waals surface area (Å²) in [5.74, 6) is 0.896. The first-order valence-corrected chi connectivity index (χ1v) is 14.1. The van der Waals surface area contributed by atoms with Crippen molar-refractivity contribution in [1.29, 1.82) is 0 Å². The van der Waals surface area contributed by atoms with Crippen LogP contribution in [0, 0.1) is 0 Å². The summed E-state index contributed by atoms with van der Waals surface area (Å²) < 4.78 is 17.1. The second kappa shape index (κ2) is 15.5. The van der Waals surface area contributed by atoms with Gasteiger partial charge >= 0.3 is 5.97 Å². The predicted octanol–water partition coefficient (Wildman–Crippen LogP) is 6.45. The lowest BCUT2D eigenvalue weighted by molar-refractivity contribution is -0.144. The second-order valence-corrected chi connectivity index (χ2v) is 10.1. The number of carbonyl (C=O) groups excluding carboxylic acids is 1. The van der Waals surface area contributed by atoms with Gasteiger partial charge in [0.1, 0.15) is 48.9 Å². The Hall–Kier alpha value is -4.27. The Morgan fingerprint density at radius 2 is 1.44 bits per heavy atom. The number of thioether (sulfide) groups is 1. The molecule has 0 aliphatic rings. The fraction of sp³-hybridized carbons (Fsp3) is 0.212. The highest BCUT2D eigenvalue weighted by atomic mass is 32.2. The van der Waals surface area contributed by atoms with E-state index in [1.165, 1.54) is 18.9 Å². The van der Waals surface area contributed by atoms with Crippen LogP contribution in [-0.4, -0.2) is 42.4 Å². The maximum Gasteiger partial charge on any atom is 0.322 e. The van der Waals surface area contributed by atoms with Crippen molar-refractivity contribution in [3.8, 4) is 11.5 Å². The fourth-order valence-corrected chi connectivity index (χ4v) is 5.01. The molecule has 0 heterocycles. The number of rotatable bonds is 14. The number of hydrogen-bond donors (Lipinski definition) is 1. The molecule has 8 heteroatoms. The van der Waals surface area contributed by atoms with E-state index in [9.17, 15) is 9.90 Å². The highest BCUT2D eigenvalue weighted by molar-refractivity contribution is 8.00. The first-order valence-electron chi connectivity index (χ1n) is 13.2. The van der Waals surface area contributed by atoms with Gasteiger partial charge in [-0.05, 0) is 54.4 Å². The van der Waals surface area contributed by atoms with Gasteiger partial charge in [0.2, 0.25) is 0 Å². The fourth-order valence-electron chi connectivity index (χ4n) is 3.95. The lowest BCUT2D eigenvalue weighted by Crippen LogP contribution is -2.27. The van der Waals surface area contributed by atoms with Gasteiger partial charge in [0, 0.05) is 10.5 Å². The summed E-state index contributed by atoms with van der Waals surface area (Å²) in [4.78, 5) is 18.5. The van der Waals surface area contributed by atoms with Gasteiger partial charge in [0.15, 0.2) is 0 Å². The summed E-state index contributed by atoms with van der Waals surface area (Å²) in [5, 5.41) is 14.3. The van der Waals surface area contributed by atoms with Crippen molar-refractivity contribution in [2.75, 3.05) is 20.3 Å². The molecule has 2 unspecified atom stereocenters. The van der Waals surface area contributed by atoms with E-state index in [0.29, 0.717) is 29.4 Å².